The van der Waals surface area contributed by atoms with Crippen molar-refractivity contribution in [3.8, 4) is 5.75 Å². The van der Waals surface area contributed by atoms with Gasteiger partial charge in [0.2, 0.25) is 0 Å². The number of aromatic nitrogens is 1. The molecule has 0 radical (unpaired) electrons. The van der Waals surface area contributed by atoms with Crippen molar-refractivity contribution >= 4 is 22.8 Å². The summed E-state index contributed by atoms with van der Waals surface area (Å²) in [5.74, 6) is 0.339. The molecule has 0 unspecified atom stereocenters. The third kappa shape index (κ3) is 4.53. The Kier molecular flexibility index (Phi) is 6.16. The summed E-state index contributed by atoms with van der Waals surface area (Å²) in [6.45, 7) is 2.14. The minimum atomic E-state index is -0.476. The molecule has 6 nitrogen and oxygen atoms in total. The number of amides is 1. The predicted molar refractivity (Wildman–Crippen MR) is 118 cm³/mol. The smallest absolute Gasteiger partial charge is 0.339 e. The zero-order valence-electron chi connectivity index (χ0n) is 17.8. The Balaban J connectivity index is 1.48. The number of rotatable bonds is 6. The van der Waals surface area contributed by atoms with Crippen LogP contribution in [0.1, 0.15) is 40.5 Å². The number of carbonyl (C=O) groups excluding carboxylic acids is 2. The lowest BCUT2D eigenvalue weighted by molar-refractivity contribution is -0.124. The second-order valence-electron chi connectivity index (χ2n) is 7.94. The molecule has 2 aromatic carbocycles. The fraction of sp³-hybridized carbons (Fsp3) is 0.320. The number of pyridine rings is 1. The van der Waals surface area contributed by atoms with Gasteiger partial charge in [-0.05, 0) is 42.9 Å². The molecule has 0 saturated carbocycles. The summed E-state index contributed by atoms with van der Waals surface area (Å²) in [5.41, 5.74) is 4.10. The van der Waals surface area contributed by atoms with Crippen LogP contribution in [0.4, 0.5) is 0 Å². The number of benzene rings is 2. The molecule has 4 rings (SSSR count). The Hall–Kier alpha value is -3.41. The number of ether oxygens (including phenoxy) is 2. The van der Waals surface area contributed by atoms with E-state index in [4.69, 9.17) is 14.5 Å². The number of hydrogen-bond donors (Lipinski definition) is 1. The van der Waals surface area contributed by atoms with Crippen molar-refractivity contribution in [3.63, 3.8) is 0 Å². The Bertz CT molecular complexity index is 1130. The molecule has 0 saturated heterocycles. The molecule has 1 aliphatic rings. The molecule has 0 bridgehead atoms. The van der Waals surface area contributed by atoms with Gasteiger partial charge in [0.25, 0.3) is 5.91 Å². The third-order valence-corrected chi connectivity index (χ3v) is 5.71. The average Bonchev–Trinajstić information content (AvgIpc) is 2.79. The fourth-order valence-corrected chi connectivity index (χ4v) is 4.09. The molecule has 6 heteroatoms. The molecule has 160 valence electrons. The average molecular weight is 418 g/mol. The van der Waals surface area contributed by atoms with E-state index in [2.05, 4.69) is 12.2 Å². The highest BCUT2D eigenvalue weighted by Crippen LogP contribution is 2.32. The minimum Gasteiger partial charge on any atom is -0.496 e. The number of nitrogens with zero attached hydrogens (tertiary/aromatic N) is 1. The molecule has 0 spiro atoms. The van der Waals surface area contributed by atoms with E-state index in [0.717, 1.165) is 47.0 Å². The van der Waals surface area contributed by atoms with E-state index in [9.17, 15) is 9.59 Å². The molecular weight excluding hydrogens is 392 g/mol. The van der Waals surface area contributed by atoms with Crippen molar-refractivity contribution in [2.75, 3.05) is 13.7 Å². The topological polar surface area (TPSA) is 77.5 Å². The van der Waals surface area contributed by atoms with E-state index < -0.39 is 5.97 Å². The molecule has 1 N–H and O–H groups in total. The highest BCUT2D eigenvalue weighted by atomic mass is 16.5. The highest BCUT2D eigenvalue weighted by molar-refractivity contribution is 6.05. The van der Waals surface area contributed by atoms with Crippen LogP contribution in [-0.4, -0.2) is 30.6 Å². The van der Waals surface area contributed by atoms with Crippen molar-refractivity contribution in [3.05, 3.63) is 70.9 Å². The van der Waals surface area contributed by atoms with E-state index in [-0.39, 0.29) is 12.5 Å². The minimum absolute atomic E-state index is 0.297. The predicted octanol–water partition coefficient (Wildman–Crippen LogP) is 3.84. The first-order valence-corrected chi connectivity index (χ1v) is 10.5. The van der Waals surface area contributed by atoms with Crippen molar-refractivity contribution in [1.29, 1.82) is 0 Å². The third-order valence-electron chi connectivity index (χ3n) is 5.71. The Morgan fingerprint density at radius 2 is 1.90 bits per heavy atom. The van der Waals surface area contributed by atoms with Crippen LogP contribution in [0.15, 0.2) is 48.5 Å². The van der Waals surface area contributed by atoms with Crippen LogP contribution in [0.3, 0.4) is 0 Å². The molecule has 1 atom stereocenters. The van der Waals surface area contributed by atoms with Crippen molar-refractivity contribution in [2.24, 2.45) is 5.92 Å². The summed E-state index contributed by atoms with van der Waals surface area (Å²) in [4.78, 5) is 30.1. The fourth-order valence-electron chi connectivity index (χ4n) is 4.09. The first kappa shape index (κ1) is 20.8. The van der Waals surface area contributed by atoms with Gasteiger partial charge in [0, 0.05) is 23.2 Å². The van der Waals surface area contributed by atoms with Crippen LogP contribution in [-0.2, 0) is 28.9 Å². The van der Waals surface area contributed by atoms with E-state index in [1.165, 1.54) is 0 Å². The molecule has 0 fully saturated rings. The lowest BCUT2D eigenvalue weighted by atomic mass is 9.84. The molecule has 31 heavy (non-hydrogen) atoms. The molecule has 1 aromatic heterocycles. The van der Waals surface area contributed by atoms with E-state index in [0.29, 0.717) is 23.8 Å². The number of carbonyl (C=O) groups is 2. The summed E-state index contributed by atoms with van der Waals surface area (Å²) in [6, 6.07) is 15.1. The van der Waals surface area contributed by atoms with Gasteiger partial charge in [-0.15, -0.1) is 0 Å². The number of fused-ring (bicyclic) bond motifs is 2. The first-order chi connectivity index (χ1) is 15.1. The standard InChI is InChI=1S/C25H26N2O4/c1-16-11-12-21-19(13-16)24(18-8-4-5-9-20(18)27-21)25(29)31-15-23(28)26-14-17-7-3-6-10-22(17)30-2/h3-10,16H,11-15H2,1-2H3,(H,26,28)/t16-/m0/s1. The van der Waals surface area contributed by atoms with Crippen LogP contribution in [0.2, 0.25) is 0 Å². The number of nitrogens with one attached hydrogen (secondary N) is 1. The monoisotopic (exact) mass is 418 g/mol. The van der Waals surface area contributed by atoms with Gasteiger partial charge < -0.3 is 14.8 Å². The molecular formula is C25H26N2O4. The molecule has 1 amide bonds. The van der Waals surface area contributed by atoms with Crippen LogP contribution < -0.4 is 10.1 Å². The Morgan fingerprint density at radius 3 is 2.74 bits per heavy atom. The van der Waals surface area contributed by atoms with Crippen LogP contribution in [0, 0.1) is 5.92 Å². The second-order valence-corrected chi connectivity index (χ2v) is 7.94. The SMILES string of the molecule is COc1ccccc1CNC(=O)COC(=O)c1c2c(nc3ccccc13)CC[C@H](C)C2. The summed E-state index contributed by atoms with van der Waals surface area (Å²) in [6.07, 6.45) is 2.69. The van der Waals surface area contributed by atoms with Crippen molar-refractivity contribution < 1.29 is 19.1 Å². The number of esters is 1. The normalized spacial score (nSPS) is 15.2. The second kappa shape index (κ2) is 9.16. The quantitative estimate of drug-likeness (QED) is 0.616. The summed E-state index contributed by atoms with van der Waals surface area (Å²) >= 11 is 0. The van der Waals surface area contributed by atoms with Gasteiger partial charge in [0.15, 0.2) is 6.61 Å². The summed E-state index contributed by atoms with van der Waals surface area (Å²) in [7, 11) is 1.59. The van der Waals surface area contributed by atoms with Gasteiger partial charge in [0.05, 0.1) is 18.2 Å². The van der Waals surface area contributed by atoms with E-state index in [1.54, 1.807) is 7.11 Å². The number of aryl methyl sites for hydroxylation is 1. The Morgan fingerprint density at radius 1 is 1.13 bits per heavy atom. The molecule has 0 aliphatic heterocycles. The molecule has 1 aliphatic carbocycles. The van der Waals surface area contributed by atoms with E-state index in [1.807, 2.05) is 48.5 Å². The zero-order valence-corrected chi connectivity index (χ0v) is 17.8. The Labute approximate surface area is 181 Å². The van der Waals surface area contributed by atoms with Crippen LogP contribution in [0.5, 0.6) is 5.75 Å². The largest absolute Gasteiger partial charge is 0.496 e. The number of hydrogen-bond acceptors (Lipinski definition) is 5. The number of methoxy groups -OCH3 is 1. The zero-order chi connectivity index (χ0) is 21.8. The maximum atomic E-state index is 13.1. The maximum Gasteiger partial charge on any atom is 0.339 e. The van der Waals surface area contributed by atoms with Crippen LogP contribution in [0.25, 0.3) is 10.9 Å². The van der Waals surface area contributed by atoms with Gasteiger partial charge in [-0.1, -0.05) is 43.3 Å². The van der Waals surface area contributed by atoms with Gasteiger partial charge in [0.1, 0.15) is 5.75 Å². The lowest BCUT2D eigenvalue weighted by Crippen LogP contribution is -2.29. The van der Waals surface area contributed by atoms with Gasteiger partial charge in [-0.2, -0.15) is 0 Å². The maximum absolute atomic E-state index is 13.1. The molecule has 3 aromatic rings. The van der Waals surface area contributed by atoms with E-state index >= 15 is 0 Å². The first-order valence-electron chi connectivity index (χ1n) is 10.5. The summed E-state index contributed by atoms with van der Waals surface area (Å²) < 4.78 is 10.7. The van der Waals surface area contributed by atoms with Gasteiger partial charge >= 0.3 is 5.97 Å². The number of para-hydroxylation sites is 2. The van der Waals surface area contributed by atoms with Gasteiger partial charge in [-0.3, -0.25) is 9.78 Å². The molecule has 1 heterocycles. The summed E-state index contributed by atoms with van der Waals surface area (Å²) in [5, 5.41) is 3.55. The van der Waals surface area contributed by atoms with Crippen molar-refractivity contribution in [1.82, 2.24) is 10.3 Å². The van der Waals surface area contributed by atoms with Crippen molar-refractivity contribution in [2.45, 2.75) is 32.7 Å². The lowest BCUT2D eigenvalue weighted by Gasteiger charge is -2.24. The van der Waals surface area contributed by atoms with Crippen LogP contribution >= 0.6 is 0 Å². The van der Waals surface area contributed by atoms with Gasteiger partial charge in [-0.25, -0.2) is 4.79 Å². The highest BCUT2D eigenvalue weighted by Gasteiger charge is 2.26.